The van der Waals surface area contributed by atoms with E-state index in [-0.39, 0.29) is 0 Å². The van der Waals surface area contributed by atoms with Crippen molar-refractivity contribution in [3.8, 4) is 0 Å². The van der Waals surface area contributed by atoms with Crippen molar-refractivity contribution in [2.75, 3.05) is 5.75 Å². The molecular weight excluding hydrogens is 272 g/mol. The van der Waals surface area contributed by atoms with Gasteiger partial charge in [-0.2, -0.15) is 0 Å². The normalized spacial score (nSPS) is 11.8. The molecule has 0 amide bonds. The van der Waals surface area contributed by atoms with Crippen LogP contribution in [0.2, 0.25) is 0 Å². The van der Waals surface area contributed by atoms with Crippen LogP contribution in [-0.4, -0.2) is 36.7 Å². The zero-order valence-electron chi connectivity index (χ0n) is 11.9. The molecule has 108 valence electrons. The van der Waals surface area contributed by atoms with Crippen LogP contribution in [0.5, 0.6) is 0 Å². The van der Waals surface area contributed by atoms with Crippen LogP contribution < -0.4 is 0 Å². The maximum absolute atomic E-state index is 10.3. The minimum absolute atomic E-state index is 0.606. The van der Waals surface area contributed by atoms with Crippen LogP contribution in [0.15, 0.2) is 35.5 Å². The number of tetrazole rings is 1. The summed E-state index contributed by atoms with van der Waals surface area (Å²) >= 11 is 1.51. The third-order valence-corrected chi connectivity index (χ3v) is 4.69. The van der Waals surface area contributed by atoms with Crippen molar-refractivity contribution in [2.24, 2.45) is 0 Å². The van der Waals surface area contributed by atoms with E-state index in [9.17, 15) is 5.11 Å². The summed E-state index contributed by atoms with van der Waals surface area (Å²) in [7, 11) is 0. The van der Waals surface area contributed by atoms with E-state index in [1.807, 2.05) is 44.2 Å². The van der Waals surface area contributed by atoms with Crippen molar-refractivity contribution >= 4 is 11.8 Å². The fraction of sp³-hybridized carbons (Fsp3) is 0.500. The highest BCUT2D eigenvalue weighted by atomic mass is 32.2. The number of aliphatic hydroxyl groups is 1. The fourth-order valence-corrected chi connectivity index (χ4v) is 2.96. The number of hydrogen-bond donors (Lipinski definition) is 1. The summed E-state index contributed by atoms with van der Waals surface area (Å²) in [4.78, 5) is 0. The summed E-state index contributed by atoms with van der Waals surface area (Å²) in [6.45, 7) is 4.64. The summed E-state index contributed by atoms with van der Waals surface area (Å²) in [6.07, 6.45) is 1.47. The average molecular weight is 292 g/mol. The van der Waals surface area contributed by atoms with Gasteiger partial charge >= 0.3 is 0 Å². The Hall–Kier alpha value is -1.40. The average Bonchev–Trinajstić information content (AvgIpc) is 2.93. The Labute approximate surface area is 123 Å². The first-order valence-electron chi connectivity index (χ1n) is 6.82. The van der Waals surface area contributed by atoms with Crippen LogP contribution in [0.25, 0.3) is 0 Å². The first-order chi connectivity index (χ1) is 9.67. The van der Waals surface area contributed by atoms with E-state index in [0.717, 1.165) is 23.6 Å². The van der Waals surface area contributed by atoms with E-state index in [0.29, 0.717) is 12.3 Å². The van der Waals surface area contributed by atoms with Crippen LogP contribution in [0.3, 0.4) is 0 Å². The van der Waals surface area contributed by atoms with Gasteiger partial charge in [-0.15, -0.1) is 5.10 Å². The van der Waals surface area contributed by atoms with Crippen LogP contribution >= 0.6 is 11.8 Å². The van der Waals surface area contributed by atoms with Crippen LogP contribution in [0.1, 0.15) is 32.3 Å². The molecule has 0 aliphatic rings. The number of thioether (sulfide) groups is 1. The van der Waals surface area contributed by atoms with Gasteiger partial charge in [-0.1, -0.05) is 55.9 Å². The lowest BCUT2D eigenvalue weighted by Crippen LogP contribution is -2.29. The molecule has 0 bridgehead atoms. The second-order valence-electron chi connectivity index (χ2n) is 4.82. The van der Waals surface area contributed by atoms with Crippen molar-refractivity contribution in [3.63, 3.8) is 0 Å². The monoisotopic (exact) mass is 292 g/mol. The predicted molar refractivity (Wildman–Crippen MR) is 79.6 cm³/mol. The molecule has 0 aliphatic heterocycles. The largest absolute Gasteiger partial charge is 0.389 e. The number of hydrogen-bond acceptors (Lipinski definition) is 5. The third-order valence-electron chi connectivity index (χ3n) is 3.46. The van der Waals surface area contributed by atoms with Gasteiger partial charge < -0.3 is 5.11 Å². The Morgan fingerprint density at radius 3 is 2.55 bits per heavy atom. The van der Waals surface area contributed by atoms with Gasteiger partial charge in [-0.25, -0.2) is 4.68 Å². The number of nitrogens with zero attached hydrogens (tertiary/aromatic N) is 4. The van der Waals surface area contributed by atoms with Gasteiger partial charge in [-0.3, -0.25) is 0 Å². The van der Waals surface area contributed by atoms with E-state index in [1.165, 1.54) is 11.8 Å². The Balaban J connectivity index is 2.02. The van der Waals surface area contributed by atoms with Gasteiger partial charge in [0.2, 0.25) is 5.16 Å². The molecule has 0 saturated carbocycles. The Bertz CT molecular complexity index is 525. The highest BCUT2D eigenvalue weighted by Gasteiger charge is 2.23. The van der Waals surface area contributed by atoms with Gasteiger partial charge in [-0.05, 0) is 28.8 Å². The Morgan fingerprint density at radius 2 is 1.90 bits per heavy atom. The Kier molecular flexibility index (Phi) is 5.14. The summed E-state index contributed by atoms with van der Waals surface area (Å²) in [6, 6.07) is 10.1. The molecule has 0 spiro atoms. The van der Waals surface area contributed by atoms with E-state index in [4.69, 9.17) is 0 Å². The lowest BCUT2D eigenvalue weighted by Gasteiger charge is -2.23. The fourth-order valence-electron chi connectivity index (χ4n) is 1.81. The standard InChI is InChI=1S/C14H20N4OS/c1-3-14(19,4-2)11-20-13-15-16-17-18(13)10-12-8-6-5-7-9-12/h5-9,19H,3-4,10-11H2,1-2H3. The highest BCUT2D eigenvalue weighted by molar-refractivity contribution is 7.99. The topological polar surface area (TPSA) is 63.8 Å². The highest BCUT2D eigenvalue weighted by Crippen LogP contribution is 2.25. The number of aromatic nitrogens is 4. The van der Waals surface area contributed by atoms with Crippen molar-refractivity contribution in [1.29, 1.82) is 0 Å². The SMILES string of the molecule is CCC(O)(CC)CSc1nnnn1Cc1ccccc1. The minimum Gasteiger partial charge on any atom is -0.389 e. The molecule has 0 saturated heterocycles. The first-order valence-corrected chi connectivity index (χ1v) is 7.80. The summed E-state index contributed by atoms with van der Waals surface area (Å²) < 4.78 is 1.77. The molecule has 0 atom stereocenters. The molecule has 0 aliphatic carbocycles. The second-order valence-corrected chi connectivity index (χ2v) is 5.77. The lowest BCUT2D eigenvalue weighted by atomic mass is 10.0. The van der Waals surface area contributed by atoms with E-state index >= 15 is 0 Å². The summed E-state index contributed by atoms with van der Waals surface area (Å²) in [5.41, 5.74) is 0.511. The van der Waals surface area contributed by atoms with Crippen molar-refractivity contribution < 1.29 is 5.11 Å². The zero-order valence-corrected chi connectivity index (χ0v) is 12.7. The smallest absolute Gasteiger partial charge is 0.209 e. The molecule has 0 unspecified atom stereocenters. The maximum Gasteiger partial charge on any atom is 0.209 e. The molecule has 1 aromatic carbocycles. The van der Waals surface area contributed by atoms with Gasteiger partial charge in [0.15, 0.2) is 0 Å². The molecule has 6 heteroatoms. The van der Waals surface area contributed by atoms with Crippen LogP contribution in [0, 0.1) is 0 Å². The first kappa shape index (κ1) is 15.0. The maximum atomic E-state index is 10.3. The van der Waals surface area contributed by atoms with Crippen molar-refractivity contribution in [3.05, 3.63) is 35.9 Å². The van der Waals surface area contributed by atoms with Gasteiger partial charge in [0, 0.05) is 5.75 Å². The van der Waals surface area contributed by atoms with Crippen molar-refractivity contribution in [2.45, 2.75) is 44.0 Å². The van der Waals surface area contributed by atoms with Crippen molar-refractivity contribution in [1.82, 2.24) is 20.2 Å². The zero-order chi connectivity index (χ0) is 14.4. The molecule has 2 rings (SSSR count). The second kappa shape index (κ2) is 6.85. The Morgan fingerprint density at radius 1 is 1.20 bits per heavy atom. The van der Waals surface area contributed by atoms with E-state index in [1.54, 1.807) is 4.68 Å². The molecule has 2 aromatic rings. The van der Waals surface area contributed by atoms with E-state index < -0.39 is 5.60 Å². The summed E-state index contributed by atoms with van der Waals surface area (Å²) in [5, 5.41) is 22.8. The molecule has 1 N–H and O–H groups in total. The lowest BCUT2D eigenvalue weighted by molar-refractivity contribution is 0.0571. The van der Waals surface area contributed by atoms with Gasteiger partial charge in [0.1, 0.15) is 0 Å². The van der Waals surface area contributed by atoms with Gasteiger partial charge in [0.25, 0.3) is 0 Å². The third kappa shape index (κ3) is 3.80. The minimum atomic E-state index is -0.645. The van der Waals surface area contributed by atoms with Crippen LogP contribution in [-0.2, 0) is 6.54 Å². The summed E-state index contributed by atoms with van der Waals surface area (Å²) in [5.74, 6) is 0.606. The van der Waals surface area contributed by atoms with Crippen LogP contribution in [0.4, 0.5) is 0 Å². The molecule has 1 heterocycles. The number of benzene rings is 1. The molecule has 0 radical (unpaired) electrons. The predicted octanol–water partition coefficient (Wildman–Crippen LogP) is 2.36. The molecule has 5 nitrogen and oxygen atoms in total. The van der Waals surface area contributed by atoms with Gasteiger partial charge in [0.05, 0.1) is 12.1 Å². The molecule has 1 aromatic heterocycles. The molecule has 20 heavy (non-hydrogen) atoms. The molecular formula is C14H20N4OS. The number of rotatable bonds is 7. The van der Waals surface area contributed by atoms with E-state index in [2.05, 4.69) is 15.5 Å². The molecule has 0 fully saturated rings. The quantitative estimate of drug-likeness (QED) is 0.794.